The predicted molar refractivity (Wildman–Crippen MR) is 94.4 cm³/mol. The number of anilines is 1. The lowest BCUT2D eigenvalue weighted by atomic mass is 10.2. The second-order valence-corrected chi connectivity index (χ2v) is 8.14. The maximum atomic E-state index is 12.3. The first-order chi connectivity index (χ1) is 10.0. The van der Waals surface area contributed by atoms with Gasteiger partial charge in [0.15, 0.2) is 0 Å². The number of fused-ring (bicyclic) bond motifs is 1. The van der Waals surface area contributed by atoms with Crippen LogP contribution in [-0.4, -0.2) is 5.91 Å². The molecule has 3 N–H and O–H groups in total. The molecule has 2 heterocycles. The molecule has 0 fully saturated rings. The van der Waals surface area contributed by atoms with Gasteiger partial charge in [-0.25, -0.2) is 0 Å². The molecule has 0 saturated carbocycles. The molecule has 0 aliphatic rings. The first-order valence-electron chi connectivity index (χ1n) is 6.04. The number of thiophene rings is 2. The van der Waals surface area contributed by atoms with E-state index < -0.39 is 0 Å². The molecule has 1 aromatic carbocycles. The summed E-state index contributed by atoms with van der Waals surface area (Å²) in [5.41, 5.74) is 6.62. The molecular formula is C14H10BrClN2OS2. The Bertz CT molecular complexity index is 828. The van der Waals surface area contributed by atoms with E-state index in [1.165, 1.54) is 22.7 Å². The van der Waals surface area contributed by atoms with Gasteiger partial charge in [0.2, 0.25) is 0 Å². The summed E-state index contributed by atoms with van der Waals surface area (Å²) in [5.74, 6) is -0.158. The minimum atomic E-state index is -0.158. The second kappa shape index (κ2) is 5.96. The number of rotatable bonds is 3. The molecule has 0 saturated heterocycles. The van der Waals surface area contributed by atoms with Crippen LogP contribution in [0, 0.1) is 0 Å². The van der Waals surface area contributed by atoms with Crippen molar-refractivity contribution in [1.29, 1.82) is 0 Å². The third-order valence-electron chi connectivity index (χ3n) is 2.95. The van der Waals surface area contributed by atoms with Crippen LogP contribution in [0.15, 0.2) is 34.8 Å². The van der Waals surface area contributed by atoms with Crippen molar-refractivity contribution >= 4 is 71.9 Å². The van der Waals surface area contributed by atoms with Crippen molar-refractivity contribution in [2.45, 2.75) is 6.54 Å². The lowest BCUT2D eigenvalue weighted by molar-refractivity contribution is 0.0956. The number of carbonyl (C=O) groups excluding carboxylic acids is 1. The fourth-order valence-electron chi connectivity index (χ4n) is 1.95. The van der Waals surface area contributed by atoms with Gasteiger partial charge < -0.3 is 11.1 Å². The molecule has 3 rings (SSSR count). The number of nitrogens with two attached hydrogens (primary N) is 1. The molecule has 0 spiro atoms. The van der Waals surface area contributed by atoms with E-state index in [1.807, 2.05) is 30.3 Å². The quantitative estimate of drug-likeness (QED) is 0.656. The van der Waals surface area contributed by atoms with Gasteiger partial charge in [0.25, 0.3) is 5.91 Å². The Morgan fingerprint density at radius 3 is 2.81 bits per heavy atom. The molecule has 2 aromatic heterocycles. The Labute approximate surface area is 142 Å². The molecule has 0 atom stereocenters. The Kier molecular flexibility index (Phi) is 4.21. The molecular weight excluding hydrogens is 392 g/mol. The van der Waals surface area contributed by atoms with Crippen LogP contribution in [0.2, 0.25) is 4.34 Å². The lowest BCUT2D eigenvalue weighted by Gasteiger charge is -2.02. The summed E-state index contributed by atoms with van der Waals surface area (Å²) in [4.78, 5) is 13.8. The summed E-state index contributed by atoms with van der Waals surface area (Å²) < 4.78 is 2.66. The van der Waals surface area contributed by atoms with Gasteiger partial charge in [-0.1, -0.05) is 27.5 Å². The largest absolute Gasteiger partial charge is 0.397 e. The van der Waals surface area contributed by atoms with Crippen LogP contribution >= 0.6 is 50.2 Å². The summed E-state index contributed by atoms with van der Waals surface area (Å²) >= 11 is 12.1. The molecule has 0 bridgehead atoms. The first kappa shape index (κ1) is 14.8. The molecule has 0 aliphatic carbocycles. The molecule has 7 heteroatoms. The fourth-order valence-corrected chi connectivity index (χ4v) is 4.36. The van der Waals surface area contributed by atoms with Crippen molar-refractivity contribution < 1.29 is 4.79 Å². The summed E-state index contributed by atoms with van der Waals surface area (Å²) in [6.07, 6.45) is 0. The van der Waals surface area contributed by atoms with E-state index in [1.54, 1.807) is 0 Å². The van der Waals surface area contributed by atoms with Crippen LogP contribution in [0.1, 0.15) is 14.5 Å². The van der Waals surface area contributed by atoms with Crippen molar-refractivity contribution in [2.24, 2.45) is 0 Å². The molecule has 21 heavy (non-hydrogen) atoms. The van der Waals surface area contributed by atoms with Gasteiger partial charge in [-0.2, -0.15) is 0 Å². The number of halogens is 2. The number of amides is 1. The number of hydrogen-bond acceptors (Lipinski definition) is 4. The molecule has 0 unspecified atom stereocenters. The molecule has 0 radical (unpaired) electrons. The summed E-state index contributed by atoms with van der Waals surface area (Å²) in [6, 6.07) is 9.54. The number of carbonyl (C=O) groups is 1. The van der Waals surface area contributed by atoms with Crippen LogP contribution < -0.4 is 11.1 Å². The minimum Gasteiger partial charge on any atom is -0.397 e. The van der Waals surface area contributed by atoms with Gasteiger partial charge in [0.05, 0.1) is 16.6 Å². The highest BCUT2D eigenvalue weighted by Gasteiger charge is 2.16. The average molecular weight is 402 g/mol. The van der Waals surface area contributed by atoms with Crippen LogP contribution in [0.25, 0.3) is 10.1 Å². The van der Waals surface area contributed by atoms with E-state index in [-0.39, 0.29) is 5.91 Å². The zero-order valence-corrected chi connectivity index (χ0v) is 14.6. The summed E-state index contributed by atoms with van der Waals surface area (Å²) in [5, 5.41) is 3.78. The Balaban J connectivity index is 1.82. The molecule has 108 valence electrons. The van der Waals surface area contributed by atoms with Gasteiger partial charge in [-0.15, -0.1) is 22.7 Å². The van der Waals surface area contributed by atoms with Crippen molar-refractivity contribution in [3.63, 3.8) is 0 Å². The van der Waals surface area contributed by atoms with Crippen LogP contribution in [0.4, 0.5) is 5.69 Å². The lowest BCUT2D eigenvalue weighted by Crippen LogP contribution is -2.22. The maximum Gasteiger partial charge on any atom is 0.263 e. The van der Waals surface area contributed by atoms with Gasteiger partial charge in [-0.3, -0.25) is 4.79 Å². The van der Waals surface area contributed by atoms with E-state index >= 15 is 0 Å². The molecule has 3 aromatic rings. The third kappa shape index (κ3) is 3.08. The topological polar surface area (TPSA) is 55.1 Å². The average Bonchev–Trinajstić information content (AvgIpc) is 3.01. The van der Waals surface area contributed by atoms with Crippen molar-refractivity contribution in [3.05, 3.63) is 48.9 Å². The SMILES string of the molecule is Nc1c(C(=O)NCc2ccc(Cl)s2)sc2ccc(Br)cc12. The maximum absolute atomic E-state index is 12.3. The molecule has 1 amide bonds. The van der Waals surface area contributed by atoms with Crippen LogP contribution in [0.3, 0.4) is 0 Å². The van der Waals surface area contributed by atoms with Crippen molar-refractivity contribution in [1.82, 2.24) is 5.32 Å². The zero-order chi connectivity index (χ0) is 15.0. The number of nitrogens with one attached hydrogen (secondary N) is 1. The van der Waals surface area contributed by atoms with Gasteiger partial charge in [0, 0.05) is 19.4 Å². The molecule has 0 aliphatic heterocycles. The Hall–Kier alpha value is -1.08. The van der Waals surface area contributed by atoms with E-state index in [0.29, 0.717) is 21.4 Å². The summed E-state index contributed by atoms with van der Waals surface area (Å²) in [6.45, 7) is 0.452. The second-order valence-electron chi connectivity index (χ2n) is 4.37. The standard InChI is InChI=1S/C14H10BrClN2OS2/c15-7-1-3-10-9(5-7)12(17)13(21-10)14(19)18-6-8-2-4-11(16)20-8/h1-5H,6,17H2,(H,18,19). The predicted octanol–water partition coefficient (Wildman–Crippen LogP) is 4.89. The van der Waals surface area contributed by atoms with E-state index in [9.17, 15) is 4.79 Å². The van der Waals surface area contributed by atoms with E-state index in [2.05, 4.69) is 21.2 Å². The fraction of sp³-hybridized carbons (Fsp3) is 0.0714. The minimum absolute atomic E-state index is 0.158. The van der Waals surface area contributed by atoms with Crippen molar-refractivity contribution in [2.75, 3.05) is 5.73 Å². The summed E-state index contributed by atoms with van der Waals surface area (Å²) in [7, 11) is 0. The van der Waals surface area contributed by atoms with Gasteiger partial charge in [0.1, 0.15) is 4.88 Å². The van der Waals surface area contributed by atoms with Crippen molar-refractivity contribution in [3.8, 4) is 0 Å². The van der Waals surface area contributed by atoms with Crippen LogP contribution in [-0.2, 0) is 6.54 Å². The molecule has 3 nitrogen and oxygen atoms in total. The normalized spacial score (nSPS) is 11.0. The highest BCUT2D eigenvalue weighted by Crippen LogP contribution is 2.35. The van der Waals surface area contributed by atoms with Gasteiger partial charge in [-0.05, 0) is 30.3 Å². The zero-order valence-electron chi connectivity index (χ0n) is 10.7. The number of hydrogen-bond donors (Lipinski definition) is 2. The highest BCUT2D eigenvalue weighted by atomic mass is 79.9. The Morgan fingerprint density at radius 1 is 1.29 bits per heavy atom. The van der Waals surface area contributed by atoms with E-state index in [4.69, 9.17) is 17.3 Å². The van der Waals surface area contributed by atoms with Crippen LogP contribution in [0.5, 0.6) is 0 Å². The number of benzene rings is 1. The monoisotopic (exact) mass is 400 g/mol. The van der Waals surface area contributed by atoms with E-state index in [0.717, 1.165) is 19.4 Å². The first-order valence-corrected chi connectivity index (χ1v) is 8.85. The smallest absolute Gasteiger partial charge is 0.263 e. The third-order valence-corrected chi connectivity index (χ3v) is 5.86. The van der Waals surface area contributed by atoms with Gasteiger partial charge >= 0.3 is 0 Å². The number of nitrogen functional groups attached to an aromatic ring is 1. The highest BCUT2D eigenvalue weighted by molar-refractivity contribution is 9.10. The Morgan fingerprint density at radius 2 is 2.10 bits per heavy atom.